The smallest absolute Gasteiger partial charge is 0.462 e. The SMILES string of the molecule is CC/C=C\C/C=C\C/C=C\C/C=C\CCCCCCCCCCCCC(=O)OC(COC(=O)CCCCCCCCCCCCCCCCCCCCC)COP(=O)(O)OCC[N+](C)(C)C. The predicted molar refractivity (Wildman–Crippen MR) is 280 cm³/mol. The third kappa shape index (κ3) is 51.4. The Morgan fingerprint density at radius 3 is 1.29 bits per heavy atom. The molecular formula is C56H105NO8P+. The molecule has 0 aliphatic heterocycles. The van der Waals surface area contributed by atoms with Crippen molar-refractivity contribution in [3.63, 3.8) is 0 Å². The molecule has 0 aromatic heterocycles. The average Bonchev–Trinajstić information content (AvgIpc) is 3.27. The van der Waals surface area contributed by atoms with Crippen LogP contribution in [0.3, 0.4) is 0 Å². The molecule has 66 heavy (non-hydrogen) atoms. The Hall–Kier alpha value is -2.03. The van der Waals surface area contributed by atoms with Gasteiger partial charge in [0.15, 0.2) is 6.10 Å². The van der Waals surface area contributed by atoms with Crippen LogP contribution in [0.1, 0.15) is 245 Å². The molecule has 386 valence electrons. The van der Waals surface area contributed by atoms with Crippen molar-refractivity contribution < 1.29 is 42.1 Å². The summed E-state index contributed by atoms with van der Waals surface area (Å²) in [6.45, 7) is 4.35. The molecule has 0 radical (unpaired) electrons. The van der Waals surface area contributed by atoms with Crippen LogP contribution in [0.5, 0.6) is 0 Å². The van der Waals surface area contributed by atoms with E-state index in [0.29, 0.717) is 23.9 Å². The van der Waals surface area contributed by atoms with Crippen LogP contribution in [-0.2, 0) is 32.7 Å². The van der Waals surface area contributed by atoms with Gasteiger partial charge in [-0.1, -0.05) is 229 Å². The van der Waals surface area contributed by atoms with Gasteiger partial charge in [-0.3, -0.25) is 18.6 Å². The molecule has 0 aliphatic carbocycles. The molecule has 0 aromatic carbocycles. The van der Waals surface area contributed by atoms with Crippen LogP contribution in [0.4, 0.5) is 0 Å². The number of ether oxygens (including phenoxy) is 2. The summed E-state index contributed by atoms with van der Waals surface area (Å²) in [7, 11) is 1.48. The largest absolute Gasteiger partial charge is 0.472 e. The number of carbonyl (C=O) groups is 2. The maximum absolute atomic E-state index is 12.8. The third-order valence-electron chi connectivity index (χ3n) is 11.9. The number of carbonyl (C=O) groups excluding carboxylic acids is 2. The van der Waals surface area contributed by atoms with Gasteiger partial charge in [0, 0.05) is 12.8 Å². The van der Waals surface area contributed by atoms with E-state index in [-0.39, 0.29) is 25.6 Å². The lowest BCUT2D eigenvalue weighted by molar-refractivity contribution is -0.870. The highest BCUT2D eigenvalue weighted by atomic mass is 31.2. The molecule has 0 aliphatic rings. The van der Waals surface area contributed by atoms with E-state index < -0.39 is 26.5 Å². The number of unbranched alkanes of at least 4 members (excludes halogenated alkanes) is 28. The van der Waals surface area contributed by atoms with Gasteiger partial charge in [0.2, 0.25) is 0 Å². The van der Waals surface area contributed by atoms with Gasteiger partial charge < -0.3 is 18.9 Å². The first-order valence-corrected chi connectivity index (χ1v) is 28.9. The molecule has 0 spiro atoms. The first-order chi connectivity index (χ1) is 32.0. The normalized spacial score (nSPS) is 13.7. The highest BCUT2D eigenvalue weighted by Gasteiger charge is 2.27. The number of hydrogen-bond donors (Lipinski definition) is 1. The fourth-order valence-electron chi connectivity index (χ4n) is 7.65. The van der Waals surface area contributed by atoms with Crippen LogP contribution in [0.15, 0.2) is 48.6 Å². The molecule has 10 heteroatoms. The Balaban J connectivity index is 4.20. The van der Waals surface area contributed by atoms with E-state index >= 15 is 0 Å². The number of quaternary nitrogens is 1. The van der Waals surface area contributed by atoms with E-state index in [0.717, 1.165) is 70.6 Å². The van der Waals surface area contributed by atoms with E-state index in [4.69, 9.17) is 18.5 Å². The summed E-state index contributed by atoms with van der Waals surface area (Å²) < 4.78 is 34.5. The van der Waals surface area contributed by atoms with Crippen LogP contribution in [0.2, 0.25) is 0 Å². The lowest BCUT2D eigenvalue weighted by atomic mass is 10.0. The first-order valence-electron chi connectivity index (χ1n) is 27.4. The van der Waals surface area contributed by atoms with Gasteiger partial charge in [-0.2, -0.15) is 0 Å². The zero-order chi connectivity index (χ0) is 48.5. The molecule has 0 aromatic rings. The summed E-state index contributed by atoms with van der Waals surface area (Å²) in [4.78, 5) is 35.6. The quantitative estimate of drug-likeness (QED) is 0.0211. The lowest BCUT2D eigenvalue weighted by Gasteiger charge is -2.24. The molecule has 0 amide bonds. The number of likely N-dealkylation sites (N-methyl/N-ethyl adjacent to an activating group) is 1. The molecule has 0 bridgehead atoms. The Morgan fingerprint density at radius 1 is 0.485 bits per heavy atom. The van der Waals surface area contributed by atoms with E-state index in [1.807, 2.05) is 21.1 Å². The van der Waals surface area contributed by atoms with Crippen molar-refractivity contribution in [1.29, 1.82) is 0 Å². The average molecular weight is 951 g/mol. The molecule has 1 N–H and O–H groups in total. The van der Waals surface area contributed by atoms with Crippen molar-refractivity contribution in [2.75, 3.05) is 47.5 Å². The van der Waals surface area contributed by atoms with Gasteiger partial charge in [0.1, 0.15) is 19.8 Å². The minimum Gasteiger partial charge on any atom is -0.462 e. The number of phosphoric ester groups is 1. The molecule has 2 unspecified atom stereocenters. The van der Waals surface area contributed by atoms with Gasteiger partial charge in [-0.05, 0) is 51.4 Å². The fourth-order valence-corrected chi connectivity index (χ4v) is 8.40. The lowest BCUT2D eigenvalue weighted by Crippen LogP contribution is -2.37. The Morgan fingerprint density at radius 2 is 0.864 bits per heavy atom. The second-order valence-corrected chi connectivity index (χ2v) is 21.0. The second kappa shape index (κ2) is 48.0. The van der Waals surface area contributed by atoms with E-state index in [1.54, 1.807) is 0 Å². The van der Waals surface area contributed by atoms with Crippen molar-refractivity contribution in [2.24, 2.45) is 0 Å². The van der Waals surface area contributed by atoms with Gasteiger partial charge in [0.05, 0.1) is 27.7 Å². The van der Waals surface area contributed by atoms with Gasteiger partial charge in [-0.25, -0.2) is 4.57 Å². The molecule has 0 heterocycles. The van der Waals surface area contributed by atoms with Crippen LogP contribution in [0, 0.1) is 0 Å². The van der Waals surface area contributed by atoms with E-state index in [9.17, 15) is 19.0 Å². The van der Waals surface area contributed by atoms with Gasteiger partial charge >= 0.3 is 19.8 Å². The minimum atomic E-state index is -4.38. The summed E-state index contributed by atoms with van der Waals surface area (Å²) in [5, 5.41) is 0. The van der Waals surface area contributed by atoms with Crippen LogP contribution in [-0.4, -0.2) is 74.9 Å². The van der Waals surface area contributed by atoms with Crippen LogP contribution in [0.25, 0.3) is 0 Å². The highest BCUT2D eigenvalue weighted by Crippen LogP contribution is 2.43. The summed E-state index contributed by atoms with van der Waals surface area (Å²) in [5.74, 6) is -0.793. The number of allylic oxidation sites excluding steroid dienone is 8. The van der Waals surface area contributed by atoms with Crippen LogP contribution < -0.4 is 0 Å². The number of nitrogens with zero attached hydrogens (tertiary/aromatic N) is 1. The standard InChI is InChI=1S/C56H104NO8P/c1-6-8-10-12-14-16-18-20-22-24-26-27-28-29-31-33-35-37-39-41-43-45-47-49-56(59)65-54(53-64-66(60,61)63-51-50-57(3,4)5)52-62-55(58)48-46-44-42-40-38-36-34-32-30-25-23-21-19-17-15-13-11-9-7-2/h8,10,14,16,20,22,26-27,54H,6-7,9,11-13,15,17-19,21,23-25,28-53H2,1-5H3/p+1/b10-8-,16-14-,22-20-,27-26-. The summed E-state index contributed by atoms with van der Waals surface area (Å²) in [6.07, 6.45) is 58.8. The molecular weight excluding hydrogens is 846 g/mol. The minimum absolute atomic E-state index is 0.0312. The first kappa shape index (κ1) is 64.0. The topological polar surface area (TPSA) is 108 Å². The van der Waals surface area contributed by atoms with Crippen molar-refractivity contribution in [1.82, 2.24) is 0 Å². The molecule has 0 rings (SSSR count). The molecule has 9 nitrogen and oxygen atoms in total. The zero-order valence-corrected chi connectivity index (χ0v) is 44.6. The van der Waals surface area contributed by atoms with Gasteiger partial charge in [-0.15, -0.1) is 0 Å². The summed E-state index contributed by atoms with van der Waals surface area (Å²) in [6, 6.07) is 0. The van der Waals surface area contributed by atoms with Crippen molar-refractivity contribution in [3.05, 3.63) is 48.6 Å². The number of rotatable bonds is 50. The maximum Gasteiger partial charge on any atom is 0.472 e. The van der Waals surface area contributed by atoms with Crippen molar-refractivity contribution >= 4 is 19.8 Å². The number of phosphoric acid groups is 1. The summed E-state index contributed by atoms with van der Waals surface area (Å²) in [5.41, 5.74) is 0. The van der Waals surface area contributed by atoms with E-state index in [1.165, 1.54) is 141 Å². The Kier molecular flexibility index (Phi) is 46.5. The Bertz CT molecular complexity index is 1260. The van der Waals surface area contributed by atoms with Crippen molar-refractivity contribution in [2.45, 2.75) is 251 Å². The third-order valence-corrected chi connectivity index (χ3v) is 12.9. The van der Waals surface area contributed by atoms with E-state index in [2.05, 4.69) is 62.5 Å². The molecule has 0 saturated heterocycles. The van der Waals surface area contributed by atoms with Crippen LogP contribution >= 0.6 is 7.82 Å². The fraction of sp³-hybridized carbons (Fsp3) is 0.821. The number of esters is 2. The highest BCUT2D eigenvalue weighted by molar-refractivity contribution is 7.47. The summed E-state index contributed by atoms with van der Waals surface area (Å²) >= 11 is 0. The van der Waals surface area contributed by atoms with Crippen molar-refractivity contribution in [3.8, 4) is 0 Å². The monoisotopic (exact) mass is 951 g/mol. The predicted octanol–water partition coefficient (Wildman–Crippen LogP) is 16.6. The van der Waals surface area contributed by atoms with Gasteiger partial charge in [0.25, 0.3) is 0 Å². The molecule has 0 fully saturated rings. The second-order valence-electron chi connectivity index (χ2n) is 19.6. The molecule has 0 saturated carbocycles. The number of hydrogen-bond acceptors (Lipinski definition) is 7. The molecule has 2 atom stereocenters. The maximum atomic E-state index is 12.8. The Labute approximate surface area is 407 Å². The zero-order valence-electron chi connectivity index (χ0n) is 43.7.